The van der Waals surface area contributed by atoms with Crippen LogP contribution in [0.5, 0.6) is 0 Å². The average Bonchev–Trinajstić information content (AvgIpc) is 3.39. The maximum absolute atomic E-state index is 12.2. The monoisotopic (exact) mass is 483 g/mol. The van der Waals surface area contributed by atoms with E-state index in [1.165, 1.54) is 17.5 Å². The van der Waals surface area contributed by atoms with E-state index in [1.807, 2.05) is 20.8 Å². The van der Waals surface area contributed by atoms with Gasteiger partial charge in [-0.3, -0.25) is 0 Å². The topological polar surface area (TPSA) is 124 Å². The Kier molecular flexibility index (Phi) is 8.26. The molecule has 0 saturated carbocycles. The number of rotatable bonds is 2. The second kappa shape index (κ2) is 10.7. The number of carbonyl (C=O) groups excluding carboxylic acids is 1. The van der Waals surface area contributed by atoms with Gasteiger partial charge in [0.05, 0.1) is 33.8 Å². The van der Waals surface area contributed by atoms with Crippen LogP contribution >= 0.6 is 22.9 Å². The summed E-state index contributed by atoms with van der Waals surface area (Å²) in [6.45, 7) is 8.22. The highest BCUT2D eigenvalue weighted by Crippen LogP contribution is 2.36. The van der Waals surface area contributed by atoms with E-state index in [0.717, 1.165) is 35.8 Å². The Labute approximate surface area is 196 Å². The number of thiazole rings is 1. The average molecular weight is 484 g/mol. The summed E-state index contributed by atoms with van der Waals surface area (Å²) in [7, 11) is 0. The van der Waals surface area contributed by atoms with Gasteiger partial charge in [-0.15, -0.1) is 11.3 Å². The highest BCUT2D eigenvalue weighted by atomic mass is 35.5. The third kappa shape index (κ3) is 6.99. The molecule has 0 aliphatic carbocycles. The zero-order chi connectivity index (χ0) is 23.3. The first-order chi connectivity index (χ1) is 15.1. The standard InChI is InChI=1S/C16H20ClN5O2S.C5H10O2/c1-16(2,3)24-15(23)22-5-4-9(8-22)13-19-7-11(25-13)12-10(17)6-20-14(18)21-12;6-5-2-1-3-7-4-5/h6-7,9H,4-5,8H2,1-3H3,(H2,18,20,21);5-6H,1-4H2. The molecule has 9 nitrogen and oxygen atoms in total. The molecule has 1 amide bonds. The Morgan fingerprint density at radius 3 is 2.75 bits per heavy atom. The fourth-order valence-corrected chi connectivity index (χ4v) is 4.61. The Hall–Kier alpha value is -2.01. The largest absolute Gasteiger partial charge is 0.444 e. The molecule has 32 heavy (non-hydrogen) atoms. The Morgan fingerprint density at radius 1 is 1.34 bits per heavy atom. The molecular weight excluding hydrogens is 454 g/mol. The Morgan fingerprint density at radius 2 is 2.12 bits per heavy atom. The molecule has 2 aliphatic rings. The van der Waals surface area contributed by atoms with Crippen molar-refractivity contribution in [3.63, 3.8) is 0 Å². The second-order valence-electron chi connectivity index (χ2n) is 8.77. The van der Waals surface area contributed by atoms with Gasteiger partial charge in [-0.2, -0.15) is 0 Å². The highest BCUT2D eigenvalue weighted by Gasteiger charge is 2.32. The molecule has 176 valence electrons. The van der Waals surface area contributed by atoms with Crippen LogP contribution in [0, 0.1) is 0 Å². The maximum Gasteiger partial charge on any atom is 0.410 e. The smallest absolute Gasteiger partial charge is 0.410 e. The number of likely N-dealkylation sites (tertiary alicyclic amines) is 1. The number of halogens is 1. The number of aromatic nitrogens is 3. The molecule has 2 aromatic heterocycles. The summed E-state index contributed by atoms with van der Waals surface area (Å²) < 4.78 is 10.4. The molecule has 0 radical (unpaired) electrons. The number of carbonyl (C=O) groups is 1. The van der Waals surface area contributed by atoms with Crippen LogP contribution in [0.2, 0.25) is 5.02 Å². The lowest BCUT2D eigenvalue weighted by Crippen LogP contribution is -2.35. The molecule has 2 atom stereocenters. The van der Waals surface area contributed by atoms with Crippen LogP contribution < -0.4 is 5.73 Å². The van der Waals surface area contributed by atoms with Crippen molar-refractivity contribution in [2.75, 3.05) is 32.0 Å². The van der Waals surface area contributed by atoms with E-state index in [0.29, 0.717) is 30.4 Å². The van der Waals surface area contributed by atoms with Crippen LogP contribution in [0.4, 0.5) is 10.7 Å². The van der Waals surface area contributed by atoms with Gasteiger partial charge in [0, 0.05) is 31.8 Å². The summed E-state index contributed by atoms with van der Waals surface area (Å²) in [4.78, 5) is 27.3. The van der Waals surface area contributed by atoms with Gasteiger partial charge in [-0.1, -0.05) is 11.6 Å². The maximum atomic E-state index is 12.2. The number of ether oxygens (including phenoxy) is 2. The lowest BCUT2D eigenvalue weighted by Gasteiger charge is -2.24. The van der Waals surface area contributed by atoms with Crippen molar-refractivity contribution in [1.82, 2.24) is 19.9 Å². The van der Waals surface area contributed by atoms with Crippen LogP contribution in [-0.2, 0) is 9.47 Å². The van der Waals surface area contributed by atoms with Crippen LogP contribution in [0.3, 0.4) is 0 Å². The second-order valence-corrected chi connectivity index (χ2v) is 10.2. The molecule has 2 aliphatic heterocycles. The first kappa shape index (κ1) is 24.6. The summed E-state index contributed by atoms with van der Waals surface area (Å²) in [6, 6.07) is 0. The Balaban J connectivity index is 0.000000352. The first-order valence-corrected chi connectivity index (χ1v) is 11.8. The van der Waals surface area contributed by atoms with E-state index in [1.54, 1.807) is 11.1 Å². The number of amides is 1. The molecule has 4 heterocycles. The van der Waals surface area contributed by atoms with Gasteiger partial charge in [0.1, 0.15) is 11.3 Å². The third-order valence-corrected chi connectivity index (χ3v) is 6.29. The number of nitrogens with two attached hydrogens (primary N) is 1. The zero-order valence-corrected chi connectivity index (χ0v) is 20.2. The van der Waals surface area contributed by atoms with Gasteiger partial charge in [0.25, 0.3) is 0 Å². The molecule has 3 N–H and O–H groups in total. The molecule has 2 unspecified atom stereocenters. The van der Waals surface area contributed by atoms with E-state index < -0.39 is 5.60 Å². The van der Waals surface area contributed by atoms with E-state index in [2.05, 4.69) is 15.0 Å². The number of aliphatic hydroxyl groups is 1. The summed E-state index contributed by atoms with van der Waals surface area (Å²) in [5.74, 6) is 0.357. The highest BCUT2D eigenvalue weighted by molar-refractivity contribution is 7.15. The summed E-state index contributed by atoms with van der Waals surface area (Å²) in [5.41, 5.74) is 5.73. The number of hydrogen-bond donors (Lipinski definition) is 2. The van der Waals surface area contributed by atoms with E-state index in [9.17, 15) is 4.79 Å². The van der Waals surface area contributed by atoms with Crippen molar-refractivity contribution < 1.29 is 19.4 Å². The fraction of sp³-hybridized carbons (Fsp3) is 0.619. The summed E-state index contributed by atoms with van der Waals surface area (Å²) in [5, 5.41) is 10.2. The molecule has 2 aromatic rings. The van der Waals surface area contributed by atoms with Gasteiger partial charge in [0.15, 0.2) is 0 Å². The molecular formula is C21H30ClN5O4S. The summed E-state index contributed by atoms with van der Waals surface area (Å²) in [6.07, 6.45) is 5.54. The van der Waals surface area contributed by atoms with E-state index in [-0.39, 0.29) is 24.1 Å². The quantitative estimate of drug-likeness (QED) is 0.662. The molecule has 0 bridgehead atoms. The third-order valence-electron chi connectivity index (χ3n) is 4.85. The number of nitrogens with zero attached hydrogens (tertiary/aromatic N) is 4. The zero-order valence-electron chi connectivity index (χ0n) is 18.6. The minimum absolute atomic E-state index is 0.173. The lowest BCUT2D eigenvalue weighted by molar-refractivity contribution is -0.00535. The SMILES string of the molecule is CC(C)(C)OC(=O)N1CCC(c2ncc(-c3nc(N)ncc3Cl)s2)C1.OC1CCCOC1. The molecule has 11 heteroatoms. The van der Waals surface area contributed by atoms with Crippen molar-refractivity contribution in [3.05, 3.63) is 22.4 Å². The number of hydrogen-bond acceptors (Lipinski definition) is 9. The van der Waals surface area contributed by atoms with Crippen LogP contribution in [0.15, 0.2) is 12.4 Å². The van der Waals surface area contributed by atoms with Crippen molar-refractivity contribution in [2.45, 2.75) is 57.7 Å². The molecule has 0 spiro atoms. The normalized spacial score (nSPS) is 21.1. The summed E-state index contributed by atoms with van der Waals surface area (Å²) >= 11 is 7.67. The predicted octanol–water partition coefficient (Wildman–Crippen LogP) is 3.72. The minimum atomic E-state index is -0.493. The van der Waals surface area contributed by atoms with Crippen molar-refractivity contribution in [2.24, 2.45) is 0 Å². The number of nitrogen functional groups attached to an aromatic ring is 1. The number of anilines is 1. The molecule has 0 aromatic carbocycles. The lowest BCUT2D eigenvalue weighted by atomic mass is 10.1. The van der Waals surface area contributed by atoms with Crippen LogP contribution in [-0.4, -0.2) is 69.1 Å². The molecule has 2 fully saturated rings. The van der Waals surface area contributed by atoms with E-state index in [4.69, 9.17) is 31.9 Å². The molecule has 4 rings (SSSR count). The van der Waals surface area contributed by atoms with Gasteiger partial charge >= 0.3 is 6.09 Å². The van der Waals surface area contributed by atoms with Gasteiger partial charge in [-0.25, -0.2) is 19.7 Å². The van der Waals surface area contributed by atoms with Crippen LogP contribution in [0.1, 0.15) is 51.0 Å². The Bertz CT molecular complexity index is 914. The number of aliphatic hydroxyl groups excluding tert-OH is 1. The van der Waals surface area contributed by atoms with Gasteiger partial charge < -0.3 is 25.2 Å². The fourth-order valence-electron chi connectivity index (χ4n) is 3.32. The van der Waals surface area contributed by atoms with Gasteiger partial charge in [-0.05, 0) is 40.0 Å². The van der Waals surface area contributed by atoms with Crippen molar-refractivity contribution in [1.29, 1.82) is 0 Å². The molecule has 2 saturated heterocycles. The van der Waals surface area contributed by atoms with Crippen LogP contribution in [0.25, 0.3) is 10.6 Å². The van der Waals surface area contributed by atoms with Crippen molar-refractivity contribution in [3.8, 4) is 10.6 Å². The van der Waals surface area contributed by atoms with E-state index >= 15 is 0 Å². The first-order valence-electron chi connectivity index (χ1n) is 10.6. The predicted molar refractivity (Wildman–Crippen MR) is 124 cm³/mol. The van der Waals surface area contributed by atoms with Crippen molar-refractivity contribution >= 4 is 35.0 Å². The van der Waals surface area contributed by atoms with Gasteiger partial charge in [0.2, 0.25) is 5.95 Å². The minimum Gasteiger partial charge on any atom is -0.444 e.